The van der Waals surface area contributed by atoms with Crippen LogP contribution < -0.4 is 5.32 Å². The molecule has 1 saturated carbocycles. The fraction of sp³-hybridized carbons (Fsp3) is 0.571. The topological polar surface area (TPSA) is 12.0 Å². The highest BCUT2D eigenvalue weighted by Crippen LogP contribution is 2.34. The van der Waals surface area contributed by atoms with Gasteiger partial charge in [-0.1, -0.05) is 25.0 Å². The number of anilines is 1. The molecule has 0 aromatic heterocycles. The van der Waals surface area contributed by atoms with Gasteiger partial charge < -0.3 is 5.32 Å². The zero-order valence-corrected chi connectivity index (χ0v) is 11.0. The molecule has 16 heavy (non-hydrogen) atoms. The predicted molar refractivity (Wildman–Crippen MR) is 74.1 cm³/mol. The highest BCUT2D eigenvalue weighted by molar-refractivity contribution is 7.97. The van der Waals surface area contributed by atoms with Crippen LogP contribution in [0.1, 0.15) is 31.7 Å². The SMILES string of the molecule is CSCc1ccc(NC(C)CC2CC2)cc1. The molecule has 1 unspecified atom stereocenters. The van der Waals surface area contributed by atoms with Gasteiger partial charge in [-0.3, -0.25) is 0 Å². The lowest BCUT2D eigenvalue weighted by Crippen LogP contribution is -2.15. The average Bonchev–Trinajstić information content (AvgIpc) is 3.05. The van der Waals surface area contributed by atoms with E-state index in [1.165, 1.54) is 30.5 Å². The Morgan fingerprint density at radius 3 is 2.56 bits per heavy atom. The van der Waals surface area contributed by atoms with Crippen LogP contribution in [-0.4, -0.2) is 12.3 Å². The number of hydrogen-bond acceptors (Lipinski definition) is 2. The normalized spacial score (nSPS) is 17.1. The highest BCUT2D eigenvalue weighted by Gasteiger charge is 2.23. The van der Waals surface area contributed by atoms with E-state index in [4.69, 9.17) is 0 Å². The van der Waals surface area contributed by atoms with Gasteiger partial charge in [0, 0.05) is 17.5 Å². The van der Waals surface area contributed by atoms with Crippen LogP contribution in [0.3, 0.4) is 0 Å². The van der Waals surface area contributed by atoms with Crippen molar-refractivity contribution in [1.82, 2.24) is 0 Å². The third-order valence-electron chi connectivity index (χ3n) is 3.06. The van der Waals surface area contributed by atoms with Gasteiger partial charge in [0.1, 0.15) is 0 Å². The van der Waals surface area contributed by atoms with Crippen molar-refractivity contribution < 1.29 is 0 Å². The third kappa shape index (κ3) is 3.75. The van der Waals surface area contributed by atoms with Crippen LogP contribution in [0.15, 0.2) is 24.3 Å². The van der Waals surface area contributed by atoms with Crippen molar-refractivity contribution in [3.8, 4) is 0 Å². The van der Waals surface area contributed by atoms with E-state index in [1.54, 1.807) is 0 Å². The summed E-state index contributed by atoms with van der Waals surface area (Å²) in [5.74, 6) is 2.11. The quantitative estimate of drug-likeness (QED) is 0.795. The maximum atomic E-state index is 3.58. The Bertz CT molecular complexity index is 316. The minimum atomic E-state index is 0.610. The number of rotatable bonds is 6. The fourth-order valence-electron chi connectivity index (χ4n) is 2.06. The van der Waals surface area contributed by atoms with Crippen molar-refractivity contribution in [1.29, 1.82) is 0 Å². The number of nitrogens with one attached hydrogen (secondary N) is 1. The number of thioether (sulfide) groups is 1. The summed E-state index contributed by atoms with van der Waals surface area (Å²) in [7, 11) is 0. The van der Waals surface area contributed by atoms with Crippen LogP contribution in [0.25, 0.3) is 0 Å². The van der Waals surface area contributed by atoms with E-state index in [0.29, 0.717) is 6.04 Å². The maximum Gasteiger partial charge on any atom is 0.0342 e. The first-order valence-corrected chi connectivity index (χ1v) is 7.51. The molecule has 0 heterocycles. The average molecular weight is 235 g/mol. The molecule has 0 aliphatic heterocycles. The summed E-state index contributed by atoms with van der Waals surface area (Å²) in [4.78, 5) is 0. The van der Waals surface area contributed by atoms with Crippen LogP contribution in [-0.2, 0) is 5.75 Å². The molecule has 1 atom stereocenters. The second-order valence-electron chi connectivity index (χ2n) is 4.85. The summed E-state index contributed by atoms with van der Waals surface area (Å²) in [5, 5.41) is 3.58. The van der Waals surface area contributed by atoms with Crippen molar-refractivity contribution in [2.24, 2.45) is 5.92 Å². The first kappa shape index (κ1) is 11.8. The van der Waals surface area contributed by atoms with Crippen LogP contribution >= 0.6 is 11.8 Å². The van der Waals surface area contributed by atoms with Gasteiger partial charge in [-0.15, -0.1) is 0 Å². The minimum Gasteiger partial charge on any atom is -0.383 e. The van der Waals surface area contributed by atoms with Gasteiger partial charge in [0.2, 0.25) is 0 Å². The zero-order valence-electron chi connectivity index (χ0n) is 10.2. The summed E-state index contributed by atoms with van der Waals surface area (Å²) in [6.45, 7) is 2.29. The largest absolute Gasteiger partial charge is 0.383 e. The van der Waals surface area contributed by atoms with Crippen molar-refractivity contribution in [2.75, 3.05) is 11.6 Å². The lowest BCUT2D eigenvalue weighted by Gasteiger charge is -2.15. The molecule has 0 amide bonds. The van der Waals surface area contributed by atoms with E-state index in [2.05, 4.69) is 42.8 Å². The van der Waals surface area contributed by atoms with Crippen molar-refractivity contribution in [2.45, 2.75) is 38.0 Å². The Kier molecular flexibility index (Phi) is 4.16. The minimum absolute atomic E-state index is 0.610. The van der Waals surface area contributed by atoms with E-state index in [1.807, 2.05) is 11.8 Å². The summed E-state index contributed by atoms with van der Waals surface area (Å²) in [6.07, 6.45) is 6.35. The highest BCUT2D eigenvalue weighted by atomic mass is 32.2. The van der Waals surface area contributed by atoms with E-state index in [-0.39, 0.29) is 0 Å². The lowest BCUT2D eigenvalue weighted by molar-refractivity contribution is 0.642. The molecule has 1 fully saturated rings. The summed E-state index contributed by atoms with van der Waals surface area (Å²) in [5.41, 5.74) is 2.67. The van der Waals surface area contributed by atoms with E-state index in [0.717, 1.165) is 11.7 Å². The van der Waals surface area contributed by atoms with Crippen molar-refractivity contribution in [3.05, 3.63) is 29.8 Å². The van der Waals surface area contributed by atoms with Gasteiger partial charge in [-0.25, -0.2) is 0 Å². The Morgan fingerprint density at radius 2 is 2.00 bits per heavy atom. The molecule has 0 bridgehead atoms. The first-order chi connectivity index (χ1) is 7.78. The molecule has 1 aliphatic carbocycles. The smallest absolute Gasteiger partial charge is 0.0342 e. The van der Waals surface area contributed by atoms with E-state index < -0.39 is 0 Å². The van der Waals surface area contributed by atoms with Gasteiger partial charge >= 0.3 is 0 Å². The predicted octanol–water partition coefficient (Wildman–Crippen LogP) is 4.15. The molecule has 1 N–H and O–H groups in total. The van der Waals surface area contributed by atoms with Crippen LogP contribution in [0.2, 0.25) is 0 Å². The van der Waals surface area contributed by atoms with Crippen LogP contribution in [0.4, 0.5) is 5.69 Å². The molecule has 0 spiro atoms. The Balaban J connectivity index is 1.83. The molecular formula is C14H21NS. The molecule has 1 aliphatic rings. The lowest BCUT2D eigenvalue weighted by atomic mass is 10.1. The van der Waals surface area contributed by atoms with Crippen molar-refractivity contribution in [3.63, 3.8) is 0 Å². The monoisotopic (exact) mass is 235 g/mol. The molecule has 0 saturated heterocycles. The third-order valence-corrected chi connectivity index (χ3v) is 3.68. The molecule has 2 rings (SSSR count). The van der Waals surface area contributed by atoms with Crippen molar-refractivity contribution >= 4 is 17.4 Å². The van der Waals surface area contributed by atoms with Gasteiger partial charge in [-0.2, -0.15) is 11.8 Å². The van der Waals surface area contributed by atoms with E-state index in [9.17, 15) is 0 Å². The van der Waals surface area contributed by atoms with Gasteiger partial charge in [0.25, 0.3) is 0 Å². The molecule has 0 radical (unpaired) electrons. The van der Waals surface area contributed by atoms with E-state index >= 15 is 0 Å². The second kappa shape index (κ2) is 5.62. The van der Waals surface area contributed by atoms with Gasteiger partial charge in [0.05, 0.1) is 0 Å². The summed E-state index contributed by atoms with van der Waals surface area (Å²) in [6, 6.07) is 9.47. The molecule has 2 heteroatoms. The van der Waals surface area contributed by atoms with Crippen LogP contribution in [0, 0.1) is 5.92 Å². The Hall–Kier alpha value is -0.630. The molecule has 1 aromatic rings. The molecule has 88 valence electrons. The number of hydrogen-bond donors (Lipinski definition) is 1. The second-order valence-corrected chi connectivity index (χ2v) is 5.72. The summed E-state index contributed by atoms with van der Waals surface area (Å²) >= 11 is 1.87. The first-order valence-electron chi connectivity index (χ1n) is 6.12. The Morgan fingerprint density at radius 1 is 1.31 bits per heavy atom. The fourth-order valence-corrected chi connectivity index (χ4v) is 2.59. The van der Waals surface area contributed by atoms with Gasteiger partial charge in [-0.05, 0) is 43.2 Å². The molecular weight excluding hydrogens is 214 g/mol. The zero-order chi connectivity index (χ0) is 11.4. The number of benzene rings is 1. The Labute approximate surface area is 103 Å². The maximum absolute atomic E-state index is 3.58. The van der Waals surface area contributed by atoms with Crippen LogP contribution in [0.5, 0.6) is 0 Å². The summed E-state index contributed by atoms with van der Waals surface area (Å²) < 4.78 is 0. The van der Waals surface area contributed by atoms with Gasteiger partial charge in [0.15, 0.2) is 0 Å². The molecule has 1 aromatic carbocycles. The standard InChI is InChI=1S/C14H21NS/c1-11(9-12-3-4-12)15-14-7-5-13(6-8-14)10-16-2/h5-8,11-12,15H,3-4,9-10H2,1-2H3. The molecule has 1 nitrogen and oxygen atoms in total.